The second kappa shape index (κ2) is 7.07. The Morgan fingerprint density at radius 3 is 1.96 bits per heavy atom. The summed E-state index contributed by atoms with van der Waals surface area (Å²) in [4.78, 5) is 3.14. The molecule has 0 aromatic heterocycles. The van der Waals surface area contributed by atoms with Crippen LogP contribution in [0.1, 0.15) is 12.5 Å². The van der Waals surface area contributed by atoms with E-state index in [9.17, 15) is 35.3 Å². The summed E-state index contributed by atoms with van der Waals surface area (Å²) in [5.74, 6) is -12.3. The fourth-order valence-corrected chi connectivity index (χ4v) is 3.35. The third-order valence-corrected chi connectivity index (χ3v) is 4.96. The predicted molar refractivity (Wildman–Crippen MR) is 79.4 cm³/mol. The van der Waals surface area contributed by atoms with Crippen LogP contribution in [0.3, 0.4) is 0 Å². The maximum Gasteiger partial charge on any atom is 0.460 e. The van der Waals surface area contributed by atoms with Crippen molar-refractivity contribution >= 4 is 18.5 Å². The lowest BCUT2D eigenvalue weighted by Crippen LogP contribution is -2.56. The lowest BCUT2D eigenvalue weighted by atomic mass is 10.1. The molecule has 25 heavy (non-hydrogen) atoms. The second-order valence-corrected chi connectivity index (χ2v) is 7.55. The van der Waals surface area contributed by atoms with E-state index in [1.807, 2.05) is 0 Å². The zero-order chi connectivity index (χ0) is 19.7. The van der Waals surface area contributed by atoms with Gasteiger partial charge in [0.2, 0.25) is 7.37 Å². The zero-order valence-corrected chi connectivity index (χ0v) is 14.3. The summed E-state index contributed by atoms with van der Waals surface area (Å²) in [6.07, 6.45) is -6.57. The number of aliphatic imine (C=N–C) groups is 1. The summed E-state index contributed by atoms with van der Waals surface area (Å²) in [5, 5.41) is 0. The molecule has 0 radical (unpaired) electrons. The van der Waals surface area contributed by atoms with Crippen LogP contribution in [-0.4, -0.2) is 36.7 Å². The number of halogens is 7. The van der Waals surface area contributed by atoms with Crippen molar-refractivity contribution in [3.8, 4) is 0 Å². The van der Waals surface area contributed by atoms with Crippen molar-refractivity contribution in [2.24, 2.45) is 4.99 Å². The van der Waals surface area contributed by atoms with E-state index in [0.29, 0.717) is 12.2 Å². The molecule has 0 saturated heterocycles. The second-order valence-electron chi connectivity index (χ2n) is 5.18. The summed E-state index contributed by atoms with van der Waals surface area (Å²) in [6.45, 7) is 2.92. The smallest absolute Gasteiger partial charge is 0.325 e. The van der Waals surface area contributed by atoms with Crippen LogP contribution in [0.4, 0.5) is 36.4 Å². The molecule has 0 heterocycles. The van der Waals surface area contributed by atoms with Crippen LogP contribution >= 0.6 is 7.37 Å². The number of hydrogen-bond acceptors (Lipinski definition) is 3. The Balaban J connectivity index is 3.62. The van der Waals surface area contributed by atoms with Crippen molar-refractivity contribution < 1.29 is 39.8 Å². The van der Waals surface area contributed by atoms with Gasteiger partial charge in [0.15, 0.2) is 5.45 Å². The van der Waals surface area contributed by atoms with Crippen LogP contribution in [0, 0.1) is 6.92 Å². The van der Waals surface area contributed by atoms with Crippen LogP contribution in [-0.2, 0) is 9.09 Å². The van der Waals surface area contributed by atoms with Crippen molar-refractivity contribution in [2.45, 2.75) is 31.9 Å². The highest BCUT2D eigenvalue weighted by molar-refractivity contribution is 7.76. The molecule has 1 unspecified atom stereocenters. The number of alkyl halides is 7. The van der Waals surface area contributed by atoms with Gasteiger partial charge >= 0.3 is 18.0 Å². The van der Waals surface area contributed by atoms with Crippen molar-refractivity contribution in [3.63, 3.8) is 0 Å². The number of benzene rings is 1. The summed E-state index contributed by atoms with van der Waals surface area (Å²) in [5.41, 5.74) is -1.84. The average molecular weight is 393 g/mol. The SMILES string of the molecule is CCOP(C)(=O)C(=Nc1ccc(C)cc1)C(F)(F)C(F)(F)C(F)(F)F. The van der Waals surface area contributed by atoms with Crippen molar-refractivity contribution in [1.82, 2.24) is 0 Å². The molecule has 1 rings (SSSR count). The van der Waals surface area contributed by atoms with Gasteiger partial charge in [-0.1, -0.05) is 17.7 Å². The number of hydrogen-bond donors (Lipinski definition) is 0. The quantitative estimate of drug-likeness (QED) is 0.348. The maximum atomic E-state index is 14.1. The van der Waals surface area contributed by atoms with Gasteiger partial charge in [-0.25, -0.2) is 4.99 Å². The molecular formula is C14H15F7NO2P. The van der Waals surface area contributed by atoms with Crippen LogP contribution < -0.4 is 0 Å². The topological polar surface area (TPSA) is 38.7 Å². The maximum absolute atomic E-state index is 14.1. The highest BCUT2D eigenvalue weighted by Crippen LogP contribution is 2.57. The molecule has 0 aliphatic rings. The molecule has 0 aliphatic heterocycles. The monoisotopic (exact) mass is 393 g/mol. The minimum absolute atomic E-state index is 0.361. The van der Waals surface area contributed by atoms with Gasteiger partial charge < -0.3 is 4.52 Å². The molecule has 11 heteroatoms. The molecule has 0 N–H and O–H groups in total. The molecule has 0 saturated carbocycles. The molecule has 1 atom stereocenters. The van der Waals surface area contributed by atoms with E-state index < -0.39 is 37.4 Å². The number of rotatable bonds is 6. The Kier molecular flexibility index (Phi) is 6.12. The summed E-state index contributed by atoms with van der Waals surface area (Å²) in [6, 6.07) is 4.97. The van der Waals surface area contributed by atoms with E-state index in [1.165, 1.54) is 19.1 Å². The van der Waals surface area contributed by atoms with Crippen LogP contribution in [0.25, 0.3) is 0 Å². The highest BCUT2D eigenvalue weighted by atomic mass is 31.2. The fraction of sp³-hybridized carbons (Fsp3) is 0.500. The lowest BCUT2D eigenvalue weighted by Gasteiger charge is -2.31. The predicted octanol–water partition coefficient (Wildman–Crippen LogP) is 5.80. The van der Waals surface area contributed by atoms with Crippen molar-refractivity contribution in [3.05, 3.63) is 29.8 Å². The Bertz CT molecular complexity index is 683. The molecule has 142 valence electrons. The number of aryl methyl sites for hydroxylation is 1. The average Bonchev–Trinajstić information content (AvgIpc) is 2.44. The Labute approximate surface area is 139 Å². The largest absolute Gasteiger partial charge is 0.460 e. The normalized spacial score (nSPS) is 16.6. The first-order valence-electron chi connectivity index (χ1n) is 6.87. The van der Waals surface area contributed by atoms with Gasteiger partial charge in [-0.05, 0) is 26.0 Å². The van der Waals surface area contributed by atoms with Crippen molar-refractivity contribution in [1.29, 1.82) is 0 Å². The van der Waals surface area contributed by atoms with Gasteiger partial charge in [-0.2, -0.15) is 30.7 Å². The van der Waals surface area contributed by atoms with Crippen LogP contribution in [0.5, 0.6) is 0 Å². The van der Waals surface area contributed by atoms with Gasteiger partial charge in [-0.15, -0.1) is 0 Å². The minimum atomic E-state index is -6.57. The summed E-state index contributed by atoms with van der Waals surface area (Å²) in [7, 11) is -4.75. The number of nitrogens with zero attached hydrogens (tertiary/aromatic N) is 1. The van der Waals surface area contributed by atoms with E-state index in [2.05, 4.69) is 9.52 Å². The first-order chi connectivity index (χ1) is 11.2. The van der Waals surface area contributed by atoms with E-state index >= 15 is 0 Å². The molecule has 1 aromatic carbocycles. The molecule has 1 aromatic rings. The Hall–Kier alpha value is -1.41. The van der Waals surface area contributed by atoms with E-state index in [1.54, 1.807) is 6.92 Å². The van der Waals surface area contributed by atoms with E-state index in [4.69, 9.17) is 0 Å². The highest BCUT2D eigenvalue weighted by Gasteiger charge is 2.76. The molecule has 0 spiro atoms. The molecule has 0 fully saturated rings. The molecule has 0 aliphatic carbocycles. The molecule has 0 amide bonds. The summed E-state index contributed by atoms with van der Waals surface area (Å²) >= 11 is 0. The van der Waals surface area contributed by atoms with E-state index in [0.717, 1.165) is 12.1 Å². The van der Waals surface area contributed by atoms with Gasteiger partial charge in [0.05, 0.1) is 12.3 Å². The minimum Gasteiger partial charge on any atom is -0.325 e. The Morgan fingerprint density at radius 2 is 1.56 bits per heavy atom. The van der Waals surface area contributed by atoms with Gasteiger partial charge in [-0.3, -0.25) is 4.57 Å². The van der Waals surface area contributed by atoms with Gasteiger partial charge in [0.25, 0.3) is 0 Å². The van der Waals surface area contributed by atoms with Crippen LogP contribution in [0.15, 0.2) is 29.3 Å². The summed E-state index contributed by atoms with van der Waals surface area (Å²) < 4.78 is 109. The Morgan fingerprint density at radius 1 is 1.08 bits per heavy atom. The van der Waals surface area contributed by atoms with Gasteiger partial charge in [0.1, 0.15) is 0 Å². The van der Waals surface area contributed by atoms with Crippen molar-refractivity contribution in [2.75, 3.05) is 13.3 Å². The standard InChI is InChI=1S/C14H15F7NO2P/c1-4-24-25(3,23)11(22-10-7-5-9(2)6-8-10)12(15,16)13(17,18)14(19,20)21/h5-8H,4H2,1-3H3. The van der Waals surface area contributed by atoms with Gasteiger partial charge in [0, 0.05) is 6.66 Å². The van der Waals surface area contributed by atoms with Crippen LogP contribution in [0.2, 0.25) is 0 Å². The molecule has 3 nitrogen and oxygen atoms in total. The lowest BCUT2D eigenvalue weighted by molar-refractivity contribution is -0.335. The first kappa shape index (κ1) is 21.6. The molecule has 0 bridgehead atoms. The zero-order valence-electron chi connectivity index (χ0n) is 13.4. The molecular weight excluding hydrogens is 378 g/mol. The first-order valence-corrected chi connectivity index (χ1v) is 8.95. The van der Waals surface area contributed by atoms with E-state index in [-0.39, 0.29) is 5.69 Å². The third-order valence-electron chi connectivity index (χ3n) is 3.06. The fourth-order valence-electron chi connectivity index (χ4n) is 1.78. The third kappa shape index (κ3) is 4.41.